The lowest BCUT2D eigenvalue weighted by molar-refractivity contribution is -0.135. The van der Waals surface area contributed by atoms with Crippen LogP contribution in [0.3, 0.4) is 0 Å². The second-order valence-electron chi connectivity index (χ2n) is 6.07. The van der Waals surface area contributed by atoms with E-state index in [1.54, 1.807) is 36.1 Å². The maximum Gasteiger partial charge on any atom is 0.271 e. The summed E-state index contributed by atoms with van der Waals surface area (Å²) in [5.41, 5.74) is 1.10. The second-order valence-corrected chi connectivity index (χ2v) is 6.07. The van der Waals surface area contributed by atoms with Crippen LogP contribution in [0.4, 0.5) is 8.78 Å². The molecule has 1 atom stereocenters. The van der Waals surface area contributed by atoms with E-state index in [4.69, 9.17) is 0 Å². The van der Waals surface area contributed by atoms with Gasteiger partial charge in [-0.2, -0.15) is 5.10 Å². The molecular formula is C17H18F2N4O2. The Bertz CT molecular complexity index is 846. The summed E-state index contributed by atoms with van der Waals surface area (Å²) < 4.78 is 30.0. The standard InChI is InChI=1S/C17H18F2N4O2/c1-3-15(24)23-7-6-17(18,19)14(10-23)21-16(25)11-4-5-13-12(8-11)9-20-22(13)2/h3-5,8-9,14H,1,6-7,10H2,2H3,(H,21,25)/t14-/m1/s1. The lowest BCUT2D eigenvalue weighted by Crippen LogP contribution is -2.59. The molecule has 0 aliphatic carbocycles. The number of halogens is 2. The van der Waals surface area contributed by atoms with Crippen LogP contribution >= 0.6 is 0 Å². The van der Waals surface area contributed by atoms with Gasteiger partial charge in [-0.1, -0.05) is 6.58 Å². The number of aryl methyl sites for hydroxylation is 1. The van der Waals surface area contributed by atoms with Crippen molar-refractivity contribution in [3.8, 4) is 0 Å². The third kappa shape index (κ3) is 3.24. The van der Waals surface area contributed by atoms with Crippen molar-refractivity contribution in [1.29, 1.82) is 0 Å². The number of carbonyl (C=O) groups is 2. The zero-order chi connectivity index (χ0) is 18.2. The molecule has 0 spiro atoms. The van der Waals surface area contributed by atoms with Crippen LogP contribution in [-0.4, -0.2) is 51.5 Å². The first kappa shape index (κ1) is 17.1. The zero-order valence-electron chi connectivity index (χ0n) is 13.7. The Morgan fingerprint density at radius 2 is 2.20 bits per heavy atom. The van der Waals surface area contributed by atoms with Gasteiger partial charge < -0.3 is 10.2 Å². The fraction of sp³-hybridized carbons (Fsp3) is 0.353. The van der Waals surface area contributed by atoms with Gasteiger partial charge in [-0.15, -0.1) is 0 Å². The Kier molecular flexibility index (Phi) is 4.28. The van der Waals surface area contributed by atoms with E-state index in [1.807, 2.05) is 0 Å². The number of hydrogen-bond acceptors (Lipinski definition) is 3. The summed E-state index contributed by atoms with van der Waals surface area (Å²) in [5, 5.41) is 7.19. The monoisotopic (exact) mass is 348 g/mol. The smallest absolute Gasteiger partial charge is 0.271 e. The van der Waals surface area contributed by atoms with Gasteiger partial charge in [0.1, 0.15) is 6.04 Å². The van der Waals surface area contributed by atoms with E-state index in [0.29, 0.717) is 0 Å². The second kappa shape index (κ2) is 6.27. The molecule has 1 aliphatic rings. The molecule has 0 radical (unpaired) electrons. The van der Waals surface area contributed by atoms with Gasteiger partial charge in [-0.05, 0) is 24.3 Å². The lowest BCUT2D eigenvalue weighted by atomic mass is 10.00. The van der Waals surface area contributed by atoms with E-state index in [-0.39, 0.29) is 18.7 Å². The largest absolute Gasteiger partial charge is 0.341 e. The van der Waals surface area contributed by atoms with Crippen LogP contribution in [-0.2, 0) is 11.8 Å². The molecule has 1 aromatic heterocycles. The quantitative estimate of drug-likeness (QED) is 0.859. The number of nitrogens with one attached hydrogen (secondary N) is 1. The minimum absolute atomic E-state index is 0.0636. The van der Waals surface area contributed by atoms with Crippen LogP contribution in [0, 0.1) is 0 Å². The zero-order valence-corrected chi connectivity index (χ0v) is 13.7. The van der Waals surface area contributed by atoms with Crippen LogP contribution in [0.1, 0.15) is 16.8 Å². The molecule has 2 heterocycles. The number of benzene rings is 1. The first-order valence-electron chi connectivity index (χ1n) is 7.83. The average molecular weight is 348 g/mol. The van der Waals surface area contributed by atoms with Crippen molar-refractivity contribution in [3.63, 3.8) is 0 Å². The number of nitrogens with zero attached hydrogens (tertiary/aromatic N) is 3. The maximum absolute atomic E-state index is 14.2. The Morgan fingerprint density at radius 3 is 2.92 bits per heavy atom. The summed E-state index contributed by atoms with van der Waals surface area (Å²) in [6.45, 7) is 3.05. The molecule has 1 saturated heterocycles. The van der Waals surface area contributed by atoms with Crippen LogP contribution in [0.15, 0.2) is 37.1 Å². The van der Waals surface area contributed by atoms with Crippen LogP contribution in [0.5, 0.6) is 0 Å². The summed E-state index contributed by atoms with van der Waals surface area (Å²) >= 11 is 0. The van der Waals surface area contributed by atoms with Crippen LogP contribution < -0.4 is 5.32 Å². The molecular weight excluding hydrogens is 330 g/mol. The van der Waals surface area contributed by atoms with Gasteiger partial charge in [0.15, 0.2) is 0 Å². The molecule has 0 unspecified atom stereocenters. The number of amides is 2. The maximum atomic E-state index is 14.2. The molecule has 1 fully saturated rings. The van der Waals surface area contributed by atoms with E-state index < -0.39 is 30.2 Å². The van der Waals surface area contributed by atoms with Crippen molar-refractivity contribution in [1.82, 2.24) is 20.0 Å². The van der Waals surface area contributed by atoms with Gasteiger partial charge >= 0.3 is 0 Å². The Balaban J connectivity index is 1.79. The lowest BCUT2D eigenvalue weighted by Gasteiger charge is -2.38. The minimum atomic E-state index is -3.08. The fourth-order valence-electron chi connectivity index (χ4n) is 2.93. The molecule has 1 aliphatic heterocycles. The Morgan fingerprint density at radius 1 is 1.44 bits per heavy atom. The summed E-state index contributed by atoms with van der Waals surface area (Å²) in [6, 6.07) is 3.43. The molecule has 132 valence electrons. The topological polar surface area (TPSA) is 67.2 Å². The number of aromatic nitrogens is 2. The number of piperidine rings is 1. The fourth-order valence-corrected chi connectivity index (χ4v) is 2.93. The Labute approximate surface area is 143 Å². The van der Waals surface area contributed by atoms with Crippen LogP contribution in [0.25, 0.3) is 10.9 Å². The summed E-state index contributed by atoms with van der Waals surface area (Å²) in [7, 11) is 1.77. The number of rotatable bonds is 3. The minimum Gasteiger partial charge on any atom is -0.341 e. The highest BCUT2D eigenvalue weighted by Gasteiger charge is 2.45. The third-order valence-electron chi connectivity index (χ3n) is 4.43. The third-order valence-corrected chi connectivity index (χ3v) is 4.43. The van der Waals surface area contributed by atoms with Gasteiger partial charge in [-0.25, -0.2) is 8.78 Å². The highest BCUT2D eigenvalue weighted by Crippen LogP contribution is 2.29. The van der Waals surface area contributed by atoms with Gasteiger partial charge in [0, 0.05) is 37.5 Å². The van der Waals surface area contributed by atoms with Crippen molar-refractivity contribution < 1.29 is 18.4 Å². The molecule has 2 aromatic rings. The normalized spacial score (nSPS) is 19.6. The van der Waals surface area contributed by atoms with Crippen LogP contribution in [0.2, 0.25) is 0 Å². The molecule has 0 saturated carbocycles. The molecule has 8 heteroatoms. The van der Waals surface area contributed by atoms with Crippen molar-refractivity contribution in [2.24, 2.45) is 7.05 Å². The highest BCUT2D eigenvalue weighted by atomic mass is 19.3. The van der Waals surface area contributed by atoms with Gasteiger partial charge in [-0.3, -0.25) is 14.3 Å². The molecule has 3 rings (SSSR count). The number of alkyl halides is 2. The molecule has 1 aromatic carbocycles. The molecule has 6 nitrogen and oxygen atoms in total. The van der Waals surface area contributed by atoms with Gasteiger partial charge in [0.2, 0.25) is 5.91 Å². The number of hydrogen-bond donors (Lipinski definition) is 1. The number of likely N-dealkylation sites (tertiary alicyclic amines) is 1. The van der Waals surface area contributed by atoms with E-state index in [2.05, 4.69) is 17.0 Å². The van der Waals surface area contributed by atoms with Crippen molar-refractivity contribution in [3.05, 3.63) is 42.6 Å². The predicted molar refractivity (Wildman–Crippen MR) is 88.3 cm³/mol. The van der Waals surface area contributed by atoms with E-state index in [1.165, 1.54) is 4.90 Å². The van der Waals surface area contributed by atoms with Gasteiger partial charge in [0.05, 0.1) is 11.7 Å². The average Bonchev–Trinajstić information content (AvgIpc) is 2.96. The first-order chi connectivity index (χ1) is 11.8. The van der Waals surface area contributed by atoms with Gasteiger partial charge in [0.25, 0.3) is 11.8 Å². The van der Waals surface area contributed by atoms with E-state index in [0.717, 1.165) is 17.0 Å². The SMILES string of the molecule is C=CC(=O)N1CCC(F)(F)[C@H](NC(=O)c2ccc3c(cnn3C)c2)C1. The van der Waals surface area contributed by atoms with Crippen molar-refractivity contribution in [2.45, 2.75) is 18.4 Å². The number of carbonyl (C=O) groups excluding carboxylic acids is 2. The Hall–Kier alpha value is -2.77. The summed E-state index contributed by atoms with van der Waals surface area (Å²) in [5.74, 6) is -4.11. The van der Waals surface area contributed by atoms with Crippen molar-refractivity contribution >= 4 is 22.7 Å². The van der Waals surface area contributed by atoms with E-state index in [9.17, 15) is 18.4 Å². The summed E-state index contributed by atoms with van der Waals surface area (Å²) in [4.78, 5) is 25.3. The molecule has 1 N–H and O–H groups in total. The predicted octanol–water partition coefficient (Wildman–Crippen LogP) is 1.73. The molecule has 2 amide bonds. The first-order valence-corrected chi connectivity index (χ1v) is 7.83. The summed E-state index contributed by atoms with van der Waals surface area (Å²) in [6.07, 6.45) is 2.18. The van der Waals surface area contributed by atoms with Crippen molar-refractivity contribution in [2.75, 3.05) is 13.1 Å². The highest BCUT2D eigenvalue weighted by molar-refractivity contribution is 5.98. The number of fused-ring (bicyclic) bond motifs is 1. The van der Waals surface area contributed by atoms with E-state index >= 15 is 0 Å². The molecule has 25 heavy (non-hydrogen) atoms. The molecule has 0 bridgehead atoms.